The van der Waals surface area contributed by atoms with E-state index in [4.69, 9.17) is 0 Å². The molecule has 3 aromatic rings. The van der Waals surface area contributed by atoms with Crippen molar-refractivity contribution in [2.24, 2.45) is 15.0 Å². The second-order valence-corrected chi connectivity index (χ2v) is 6.11. The summed E-state index contributed by atoms with van der Waals surface area (Å²) in [4.78, 5) is 49.4. The molecule has 0 aliphatic carbocycles. The van der Waals surface area contributed by atoms with Crippen molar-refractivity contribution < 1.29 is 9.90 Å². The summed E-state index contributed by atoms with van der Waals surface area (Å²) in [6.07, 6.45) is 1.15. The van der Waals surface area contributed by atoms with Crippen LogP contribution < -0.4 is 22.0 Å². The average Bonchev–Trinajstić information content (AvgIpc) is 3.00. The fourth-order valence-electron chi connectivity index (χ4n) is 2.81. The van der Waals surface area contributed by atoms with Gasteiger partial charge in [-0.25, -0.2) is 14.2 Å². The third kappa shape index (κ3) is 3.05. The molecule has 0 unspecified atom stereocenters. The number of aryl methyl sites for hydroxylation is 1. The number of carbonyl (C=O) groups excluding carboxylic acids is 1. The molecular formula is C19H13N5O4. The summed E-state index contributed by atoms with van der Waals surface area (Å²) in [5.41, 5.74) is -0.0244. The van der Waals surface area contributed by atoms with Gasteiger partial charge in [0.2, 0.25) is 5.88 Å². The van der Waals surface area contributed by atoms with Crippen molar-refractivity contribution in [2.75, 3.05) is 0 Å². The normalized spacial score (nSPS) is 12.7. The molecule has 9 nitrogen and oxygen atoms in total. The van der Waals surface area contributed by atoms with Gasteiger partial charge in [0.1, 0.15) is 5.56 Å². The first-order valence-electron chi connectivity index (χ1n) is 8.23. The summed E-state index contributed by atoms with van der Waals surface area (Å²) in [5.74, 6) is -0.529. The van der Waals surface area contributed by atoms with Gasteiger partial charge in [0, 0.05) is 6.21 Å². The molecule has 0 spiro atoms. The first-order chi connectivity index (χ1) is 13.4. The molecule has 138 valence electrons. The van der Waals surface area contributed by atoms with Crippen molar-refractivity contribution in [3.63, 3.8) is 0 Å². The van der Waals surface area contributed by atoms with Crippen molar-refractivity contribution in [3.05, 3.63) is 85.1 Å². The average molecular weight is 375 g/mol. The number of hydrogen-bond donors (Lipinski definition) is 2. The van der Waals surface area contributed by atoms with E-state index in [9.17, 15) is 19.5 Å². The van der Waals surface area contributed by atoms with Crippen molar-refractivity contribution in [1.82, 2.24) is 9.55 Å². The molecule has 0 radical (unpaired) electrons. The van der Waals surface area contributed by atoms with E-state index in [0.29, 0.717) is 22.1 Å². The van der Waals surface area contributed by atoms with Crippen LogP contribution in [0.25, 0.3) is 5.69 Å². The Kier molecular flexibility index (Phi) is 4.04. The SMILES string of the molecule is Cc1cccc(-n2c(O)c(C=Nc3ccc4c(c3)=NC(=O)N=4)c(=O)[nH]c2=O)c1. The third-order valence-corrected chi connectivity index (χ3v) is 4.11. The molecule has 1 aliphatic heterocycles. The van der Waals surface area contributed by atoms with E-state index in [2.05, 4.69) is 20.0 Å². The van der Waals surface area contributed by atoms with Crippen molar-refractivity contribution in [1.29, 1.82) is 0 Å². The minimum absolute atomic E-state index is 0.181. The lowest BCUT2D eigenvalue weighted by molar-refractivity contribution is 0.256. The molecule has 0 fully saturated rings. The zero-order valence-corrected chi connectivity index (χ0v) is 14.6. The van der Waals surface area contributed by atoms with Crippen LogP contribution in [0.2, 0.25) is 0 Å². The molecule has 9 heteroatoms. The Hall–Kier alpha value is -4.14. The van der Waals surface area contributed by atoms with Gasteiger partial charge in [-0.15, -0.1) is 0 Å². The number of aromatic hydroxyl groups is 1. The van der Waals surface area contributed by atoms with Crippen LogP contribution >= 0.6 is 0 Å². The number of amides is 2. The van der Waals surface area contributed by atoms with Gasteiger partial charge in [-0.05, 0) is 42.8 Å². The number of benzene rings is 2. The molecule has 2 N–H and O–H groups in total. The molecule has 1 aromatic heterocycles. The highest BCUT2D eigenvalue weighted by atomic mass is 16.3. The topological polar surface area (TPSA) is 129 Å². The predicted octanol–water partition coefficient (Wildman–Crippen LogP) is 0.663. The summed E-state index contributed by atoms with van der Waals surface area (Å²) >= 11 is 0. The number of aromatic amines is 1. The maximum Gasteiger partial charge on any atom is 0.368 e. The monoisotopic (exact) mass is 375 g/mol. The van der Waals surface area contributed by atoms with Gasteiger partial charge in [0.05, 0.1) is 22.1 Å². The van der Waals surface area contributed by atoms with E-state index in [1.165, 1.54) is 6.07 Å². The van der Waals surface area contributed by atoms with Gasteiger partial charge in [-0.2, -0.15) is 9.98 Å². The first kappa shape index (κ1) is 17.3. The molecule has 0 bridgehead atoms. The summed E-state index contributed by atoms with van der Waals surface area (Å²) in [6.45, 7) is 1.84. The lowest BCUT2D eigenvalue weighted by Gasteiger charge is -2.10. The highest BCUT2D eigenvalue weighted by Gasteiger charge is 2.14. The highest BCUT2D eigenvalue weighted by molar-refractivity contribution is 5.84. The van der Waals surface area contributed by atoms with Crippen LogP contribution in [-0.2, 0) is 0 Å². The lowest BCUT2D eigenvalue weighted by Crippen LogP contribution is -2.31. The van der Waals surface area contributed by atoms with E-state index in [1.807, 2.05) is 13.0 Å². The Morgan fingerprint density at radius 1 is 1.07 bits per heavy atom. The molecule has 4 rings (SSSR count). The van der Waals surface area contributed by atoms with Crippen molar-refractivity contribution in [2.45, 2.75) is 6.92 Å². The smallest absolute Gasteiger partial charge is 0.368 e. The second-order valence-electron chi connectivity index (χ2n) is 6.11. The third-order valence-electron chi connectivity index (χ3n) is 4.11. The zero-order chi connectivity index (χ0) is 19.8. The Balaban J connectivity index is 1.81. The van der Waals surface area contributed by atoms with Gasteiger partial charge in [0.15, 0.2) is 0 Å². The molecular weight excluding hydrogens is 362 g/mol. The standard InChI is InChI=1S/C19H13N5O4/c1-10-3-2-4-12(7-10)24-17(26)13(16(25)23-19(24)28)9-20-11-5-6-14-15(8-11)22-18(27)21-14/h2-9,26H,1H3,(H,23,25,28). The zero-order valence-electron chi connectivity index (χ0n) is 14.6. The summed E-state index contributed by atoms with van der Waals surface area (Å²) in [5, 5.41) is 11.4. The van der Waals surface area contributed by atoms with Gasteiger partial charge in [0.25, 0.3) is 5.56 Å². The van der Waals surface area contributed by atoms with Gasteiger partial charge < -0.3 is 5.11 Å². The van der Waals surface area contributed by atoms with Crippen LogP contribution in [0.1, 0.15) is 11.1 Å². The number of rotatable bonds is 3. The number of nitrogens with zero attached hydrogens (tertiary/aromatic N) is 4. The molecule has 0 saturated carbocycles. The van der Waals surface area contributed by atoms with Crippen LogP contribution in [-0.4, -0.2) is 26.9 Å². The van der Waals surface area contributed by atoms with Crippen LogP contribution in [0.5, 0.6) is 5.88 Å². The Labute approximate surface area is 156 Å². The molecule has 2 aromatic carbocycles. The highest BCUT2D eigenvalue weighted by Crippen LogP contribution is 2.17. The minimum Gasteiger partial charge on any atom is -0.493 e. The van der Waals surface area contributed by atoms with Gasteiger partial charge >= 0.3 is 11.7 Å². The molecule has 0 atom stereocenters. The fourth-order valence-corrected chi connectivity index (χ4v) is 2.81. The lowest BCUT2D eigenvalue weighted by atomic mass is 10.2. The number of carbonyl (C=O) groups is 1. The van der Waals surface area contributed by atoms with Crippen LogP contribution in [0.15, 0.2) is 67.0 Å². The molecule has 28 heavy (non-hydrogen) atoms. The van der Waals surface area contributed by atoms with E-state index in [1.54, 1.807) is 30.3 Å². The number of aliphatic imine (C=N–C) groups is 1. The first-order valence-corrected chi connectivity index (χ1v) is 8.23. The maximum absolute atomic E-state index is 12.2. The largest absolute Gasteiger partial charge is 0.493 e. The van der Waals surface area contributed by atoms with Crippen molar-refractivity contribution in [3.8, 4) is 11.6 Å². The molecule has 2 amide bonds. The Morgan fingerprint density at radius 2 is 1.86 bits per heavy atom. The maximum atomic E-state index is 12.2. The number of urea groups is 1. The number of H-pyrrole nitrogens is 1. The van der Waals surface area contributed by atoms with E-state index in [-0.39, 0.29) is 5.56 Å². The molecule has 1 aliphatic rings. The number of hydrogen-bond acceptors (Lipinski definition) is 5. The Bertz CT molecular complexity index is 1400. The quantitative estimate of drug-likeness (QED) is 0.652. The molecule has 0 saturated heterocycles. The van der Waals surface area contributed by atoms with Crippen LogP contribution in [0.4, 0.5) is 10.5 Å². The van der Waals surface area contributed by atoms with Gasteiger partial charge in [-0.1, -0.05) is 12.1 Å². The Morgan fingerprint density at radius 3 is 2.64 bits per heavy atom. The van der Waals surface area contributed by atoms with Crippen LogP contribution in [0.3, 0.4) is 0 Å². The van der Waals surface area contributed by atoms with Gasteiger partial charge in [-0.3, -0.25) is 14.8 Å². The van der Waals surface area contributed by atoms with E-state index < -0.39 is 23.2 Å². The van der Waals surface area contributed by atoms with Crippen LogP contribution in [0, 0.1) is 6.92 Å². The van der Waals surface area contributed by atoms with Crippen molar-refractivity contribution >= 4 is 17.9 Å². The summed E-state index contributed by atoms with van der Waals surface area (Å²) in [6, 6.07) is 11.0. The predicted molar refractivity (Wildman–Crippen MR) is 100 cm³/mol. The summed E-state index contributed by atoms with van der Waals surface area (Å²) in [7, 11) is 0. The van der Waals surface area contributed by atoms with E-state index in [0.717, 1.165) is 16.3 Å². The molecule has 2 heterocycles. The van der Waals surface area contributed by atoms with E-state index >= 15 is 0 Å². The summed E-state index contributed by atoms with van der Waals surface area (Å²) < 4.78 is 0.991. The number of fused-ring (bicyclic) bond motifs is 1. The number of aromatic nitrogens is 2. The number of nitrogens with one attached hydrogen (secondary N) is 1. The second kappa shape index (κ2) is 6.54. The minimum atomic E-state index is -0.772. The fraction of sp³-hybridized carbons (Fsp3) is 0.0526.